The lowest BCUT2D eigenvalue weighted by Crippen LogP contribution is -2.40. The van der Waals surface area contributed by atoms with E-state index in [1.807, 2.05) is 11.8 Å². The van der Waals surface area contributed by atoms with E-state index < -0.39 is 0 Å². The minimum Gasteiger partial charge on any atom is -0.379 e. The lowest BCUT2D eigenvalue weighted by atomic mass is 10.0. The predicted molar refractivity (Wildman–Crippen MR) is 71.5 cm³/mol. The van der Waals surface area contributed by atoms with E-state index in [9.17, 15) is 4.79 Å². The summed E-state index contributed by atoms with van der Waals surface area (Å²) in [5.41, 5.74) is -0.354. The normalized spacial score (nSPS) is 24.6. The van der Waals surface area contributed by atoms with E-state index in [1.54, 1.807) is 0 Å². The summed E-state index contributed by atoms with van der Waals surface area (Å²) in [6.07, 6.45) is 8.75. The van der Waals surface area contributed by atoms with Gasteiger partial charge in [-0.15, -0.1) is 12.3 Å². The fourth-order valence-corrected chi connectivity index (χ4v) is 2.39. The maximum atomic E-state index is 12.3. The van der Waals surface area contributed by atoms with Crippen molar-refractivity contribution in [3.05, 3.63) is 0 Å². The molecule has 2 rings (SSSR count). The van der Waals surface area contributed by atoms with Gasteiger partial charge in [0, 0.05) is 38.8 Å². The Morgan fingerprint density at radius 2 is 2.32 bits per heavy atom. The molecule has 104 valence electrons. The zero-order chi connectivity index (χ0) is 13.7. The van der Waals surface area contributed by atoms with Crippen LogP contribution in [0.2, 0.25) is 0 Å². The van der Waals surface area contributed by atoms with E-state index in [0.29, 0.717) is 25.9 Å². The molecule has 19 heavy (non-hydrogen) atoms. The molecule has 2 aliphatic heterocycles. The Labute approximate surface area is 114 Å². The second-order valence-electron chi connectivity index (χ2n) is 5.25. The Kier molecular flexibility index (Phi) is 4.54. The highest BCUT2D eigenvalue weighted by molar-refractivity contribution is 5.76. The highest BCUT2D eigenvalue weighted by atomic mass is 16.5. The Bertz CT molecular complexity index is 394. The maximum absolute atomic E-state index is 12.3. The quantitative estimate of drug-likeness (QED) is 0.712. The monoisotopic (exact) mass is 263 g/mol. The standard InChI is InChI=1S/C14H21N3O2/c1-3-4-7-14(15-16-14)8-6-13(18)17-9-5-10-19-11-12(17)2/h1,12H,4-11H2,2H3. The molecule has 2 aliphatic rings. The minimum absolute atomic E-state index is 0.157. The van der Waals surface area contributed by atoms with Gasteiger partial charge in [0.1, 0.15) is 0 Å². The van der Waals surface area contributed by atoms with Crippen LogP contribution in [0.3, 0.4) is 0 Å². The van der Waals surface area contributed by atoms with Crippen LogP contribution in [0.4, 0.5) is 0 Å². The third-order valence-electron chi connectivity index (χ3n) is 3.69. The molecule has 0 N–H and O–H groups in total. The van der Waals surface area contributed by atoms with E-state index in [-0.39, 0.29) is 17.6 Å². The molecule has 0 bridgehead atoms. The average molecular weight is 263 g/mol. The van der Waals surface area contributed by atoms with Crippen LogP contribution in [0.5, 0.6) is 0 Å². The molecule has 5 nitrogen and oxygen atoms in total. The summed E-state index contributed by atoms with van der Waals surface area (Å²) in [7, 11) is 0. The molecule has 0 radical (unpaired) electrons. The summed E-state index contributed by atoms with van der Waals surface area (Å²) in [5, 5.41) is 8.12. The van der Waals surface area contributed by atoms with E-state index >= 15 is 0 Å². The van der Waals surface area contributed by atoms with Gasteiger partial charge in [-0.05, 0) is 13.3 Å². The fourth-order valence-electron chi connectivity index (χ4n) is 2.39. The number of hydrogen-bond donors (Lipinski definition) is 0. The van der Waals surface area contributed by atoms with E-state index in [4.69, 9.17) is 11.2 Å². The molecule has 0 aromatic rings. The lowest BCUT2D eigenvalue weighted by Gasteiger charge is -2.26. The van der Waals surface area contributed by atoms with Crippen LogP contribution in [-0.2, 0) is 9.53 Å². The molecule has 0 saturated carbocycles. The first-order valence-corrected chi connectivity index (χ1v) is 6.92. The summed E-state index contributed by atoms with van der Waals surface area (Å²) in [4.78, 5) is 14.2. The first kappa shape index (κ1) is 14.0. The number of carbonyl (C=O) groups is 1. The van der Waals surface area contributed by atoms with Crippen LogP contribution < -0.4 is 0 Å². The third kappa shape index (κ3) is 3.77. The van der Waals surface area contributed by atoms with Crippen LogP contribution in [-0.4, -0.2) is 42.3 Å². The Morgan fingerprint density at radius 1 is 1.53 bits per heavy atom. The number of rotatable bonds is 5. The summed E-state index contributed by atoms with van der Waals surface area (Å²) < 4.78 is 5.44. The van der Waals surface area contributed by atoms with Crippen LogP contribution in [0.1, 0.15) is 39.0 Å². The van der Waals surface area contributed by atoms with Gasteiger partial charge in [0.15, 0.2) is 5.66 Å². The molecule has 5 heteroatoms. The van der Waals surface area contributed by atoms with Crippen molar-refractivity contribution in [3.8, 4) is 12.3 Å². The van der Waals surface area contributed by atoms with Crippen molar-refractivity contribution >= 4 is 5.91 Å². The van der Waals surface area contributed by atoms with E-state index in [0.717, 1.165) is 26.0 Å². The number of carbonyl (C=O) groups excluding carboxylic acids is 1. The van der Waals surface area contributed by atoms with Crippen molar-refractivity contribution in [1.29, 1.82) is 0 Å². The fraction of sp³-hybridized carbons (Fsp3) is 0.786. The van der Waals surface area contributed by atoms with Crippen LogP contribution >= 0.6 is 0 Å². The summed E-state index contributed by atoms with van der Waals surface area (Å²) in [6.45, 7) is 4.18. The molecule has 1 fully saturated rings. The molecule has 1 saturated heterocycles. The second-order valence-corrected chi connectivity index (χ2v) is 5.25. The van der Waals surface area contributed by atoms with E-state index in [1.165, 1.54) is 0 Å². The Balaban J connectivity index is 1.79. The van der Waals surface area contributed by atoms with Gasteiger partial charge in [-0.1, -0.05) is 0 Å². The Morgan fingerprint density at radius 3 is 3.00 bits per heavy atom. The molecule has 2 heterocycles. The largest absolute Gasteiger partial charge is 0.379 e. The summed E-state index contributed by atoms with van der Waals surface area (Å²) in [6, 6.07) is 0.157. The minimum atomic E-state index is -0.354. The topological polar surface area (TPSA) is 54.3 Å². The van der Waals surface area contributed by atoms with Crippen molar-refractivity contribution < 1.29 is 9.53 Å². The zero-order valence-electron chi connectivity index (χ0n) is 11.5. The molecule has 1 amide bonds. The van der Waals surface area contributed by atoms with Crippen LogP contribution in [0.25, 0.3) is 0 Å². The van der Waals surface area contributed by atoms with Gasteiger partial charge in [0.25, 0.3) is 0 Å². The van der Waals surface area contributed by atoms with Crippen LogP contribution in [0, 0.1) is 12.3 Å². The second kappa shape index (κ2) is 6.16. The van der Waals surface area contributed by atoms with Crippen molar-refractivity contribution in [2.24, 2.45) is 10.2 Å². The number of hydrogen-bond acceptors (Lipinski definition) is 4. The number of ether oxygens (including phenoxy) is 1. The van der Waals surface area contributed by atoms with E-state index in [2.05, 4.69) is 16.1 Å². The number of amides is 1. The predicted octanol–water partition coefficient (Wildman–Crippen LogP) is 1.98. The highest BCUT2D eigenvalue weighted by Crippen LogP contribution is 2.37. The molecule has 1 unspecified atom stereocenters. The molecule has 1 atom stereocenters. The van der Waals surface area contributed by atoms with Gasteiger partial charge < -0.3 is 9.64 Å². The molecule has 0 aliphatic carbocycles. The van der Waals surface area contributed by atoms with Crippen molar-refractivity contribution in [3.63, 3.8) is 0 Å². The van der Waals surface area contributed by atoms with Gasteiger partial charge >= 0.3 is 0 Å². The lowest BCUT2D eigenvalue weighted by molar-refractivity contribution is -0.133. The molecular weight excluding hydrogens is 242 g/mol. The van der Waals surface area contributed by atoms with Crippen LogP contribution in [0.15, 0.2) is 10.2 Å². The molecule has 0 spiro atoms. The highest BCUT2D eigenvalue weighted by Gasteiger charge is 2.39. The smallest absolute Gasteiger partial charge is 0.223 e. The average Bonchev–Trinajstić information content (AvgIpc) is 3.19. The van der Waals surface area contributed by atoms with Crippen molar-refractivity contribution in [1.82, 2.24) is 4.90 Å². The van der Waals surface area contributed by atoms with Gasteiger partial charge in [-0.2, -0.15) is 10.2 Å². The first-order valence-electron chi connectivity index (χ1n) is 6.92. The van der Waals surface area contributed by atoms with Crippen molar-refractivity contribution in [2.45, 2.75) is 50.7 Å². The first-order chi connectivity index (χ1) is 9.17. The maximum Gasteiger partial charge on any atom is 0.223 e. The molecule has 0 aromatic heterocycles. The van der Waals surface area contributed by atoms with Gasteiger partial charge in [0.2, 0.25) is 5.91 Å². The van der Waals surface area contributed by atoms with Gasteiger partial charge in [-0.3, -0.25) is 4.79 Å². The summed E-state index contributed by atoms with van der Waals surface area (Å²) in [5.74, 6) is 2.77. The molecular formula is C14H21N3O2. The third-order valence-corrected chi connectivity index (χ3v) is 3.69. The van der Waals surface area contributed by atoms with Gasteiger partial charge in [0.05, 0.1) is 12.6 Å². The molecule has 0 aromatic carbocycles. The number of terminal acetylenes is 1. The van der Waals surface area contributed by atoms with Gasteiger partial charge in [-0.25, -0.2) is 0 Å². The zero-order valence-corrected chi connectivity index (χ0v) is 11.5. The van der Waals surface area contributed by atoms with Crippen molar-refractivity contribution in [2.75, 3.05) is 19.8 Å². The number of nitrogens with zero attached hydrogens (tertiary/aromatic N) is 3. The Hall–Kier alpha value is -1.41. The summed E-state index contributed by atoms with van der Waals surface area (Å²) >= 11 is 0. The SMILES string of the molecule is C#CCCC1(CCC(=O)N2CCCOCC2C)N=N1.